The number of aromatic nitrogens is 2. The number of carbonyl (C=O) groups excluding carboxylic acids is 1. The van der Waals surface area contributed by atoms with Crippen molar-refractivity contribution < 1.29 is 9.90 Å². The van der Waals surface area contributed by atoms with E-state index in [-0.39, 0.29) is 19.1 Å². The Hall–Kier alpha value is -2.11. The topological polar surface area (TPSA) is 58.4 Å². The fourth-order valence-electron chi connectivity index (χ4n) is 2.66. The molecule has 5 nitrogen and oxygen atoms in total. The summed E-state index contributed by atoms with van der Waals surface area (Å²) in [6.07, 6.45) is 1.65. The zero-order valence-corrected chi connectivity index (χ0v) is 14.8. The van der Waals surface area contributed by atoms with E-state index in [1.165, 1.54) is 0 Å². The fourth-order valence-corrected chi connectivity index (χ4v) is 2.85. The molecule has 0 aliphatic heterocycles. The second-order valence-electron chi connectivity index (χ2n) is 5.56. The van der Waals surface area contributed by atoms with Crippen LogP contribution >= 0.6 is 11.6 Å². The van der Waals surface area contributed by atoms with E-state index < -0.39 is 0 Å². The number of aryl methyl sites for hydroxylation is 1. The van der Waals surface area contributed by atoms with Crippen molar-refractivity contribution in [3.8, 4) is 0 Å². The molecule has 1 heterocycles. The monoisotopic (exact) mass is 347 g/mol. The first-order valence-corrected chi connectivity index (χ1v) is 8.15. The van der Waals surface area contributed by atoms with E-state index in [0.29, 0.717) is 29.4 Å². The van der Waals surface area contributed by atoms with Crippen molar-refractivity contribution in [3.63, 3.8) is 0 Å². The van der Waals surface area contributed by atoms with E-state index in [0.717, 1.165) is 11.3 Å². The number of amides is 1. The standard InChI is InChI=1S/C18H22ClN3O2/c1-4-9-21(10-11-23)18(24)17-13(2)20-22(14(17)3)12-15-7-5-6-8-16(15)19/h4-8,23H,1,9-12H2,2-3H3. The third-order valence-electron chi connectivity index (χ3n) is 3.88. The summed E-state index contributed by atoms with van der Waals surface area (Å²) >= 11 is 6.21. The van der Waals surface area contributed by atoms with Gasteiger partial charge in [-0.05, 0) is 25.5 Å². The predicted molar refractivity (Wildman–Crippen MR) is 95.4 cm³/mol. The molecule has 24 heavy (non-hydrogen) atoms. The van der Waals surface area contributed by atoms with Gasteiger partial charge in [-0.1, -0.05) is 35.9 Å². The molecule has 128 valence electrons. The van der Waals surface area contributed by atoms with Crippen LogP contribution in [-0.2, 0) is 6.54 Å². The van der Waals surface area contributed by atoms with Gasteiger partial charge in [0.2, 0.25) is 0 Å². The van der Waals surface area contributed by atoms with Crippen molar-refractivity contribution in [3.05, 3.63) is 64.5 Å². The number of aliphatic hydroxyl groups excluding tert-OH is 1. The molecule has 1 N–H and O–H groups in total. The van der Waals surface area contributed by atoms with Gasteiger partial charge in [0.15, 0.2) is 0 Å². The number of carbonyl (C=O) groups is 1. The maximum absolute atomic E-state index is 12.8. The highest BCUT2D eigenvalue weighted by Gasteiger charge is 2.23. The molecule has 1 amide bonds. The Morgan fingerprint density at radius 2 is 2.12 bits per heavy atom. The Kier molecular flexibility index (Phi) is 6.17. The molecule has 2 rings (SSSR count). The summed E-state index contributed by atoms with van der Waals surface area (Å²) in [6, 6.07) is 7.58. The molecule has 0 aliphatic carbocycles. The molecule has 0 fully saturated rings. The SMILES string of the molecule is C=CCN(CCO)C(=O)c1c(C)nn(Cc2ccccc2Cl)c1C. The smallest absolute Gasteiger partial charge is 0.257 e. The van der Waals surface area contributed by atoms with Crippen molar-refractivity contribution in [2.24, 2.45) is 0 Å². The molecular weight excluding hydrogens is 326 g/mol. The first-order chi connectivity index (χ1) is 11.5. The molecule has 1 aromatic heterocycles. The first-order valence-electron chi connectivity index (χ1n) is 7.78. The summed E-state index contributed by atoms with van der Waals surface area (Å²) in [7, 11) is 0. The van der Waals surface area contributed by atoms with Crippen LogP contribution in [0, 0.1) is 13.8 Å². The quantitative estimate of drug-likeness (QED) is 0.783. The highest BCUT2D eigenvalue weighted by Crippen LogP contribution is 2.20. The van der Waals surface area contributed by atoms with Crippen molar-refractivity contribution in [2.75, 3.05) is 19.7 Å². The van der Waals surface area contributed by atoms with Gasteiger partial charge in [-0.2, -0.15) is 5.10 Å². The maximum Gasteiger partial charge on any atom is 0.257 e. The second kappa shape index (κ2) is 8.13. The van der Waals surface area contributed by atoms with Gasteiger partial charge in [-0.3, -0.25) is 9.48 Å². The Labute approximate surface area is 147 Å². The lowest BCUT2D eigenvalue weighted by Crippen LogP contribution is -2.34. The van der Waals surface area contributed by atoms with Gasteiger partial charge < -0.3 is 10.0 Å². The van der Waals surface area contributed by atoms with Gasteiger partial charge in [0, 0.05) is 23.8 Å². The van der Waals surface area contributed by atoms with Crippen molar-refractivity contribution in [1.82, 2.24) is 14.7 Å². The molecular formula is C18H22ClN3O2. The van der Waals surface area contributed by atoms with Crippen LogP contribution in [0.1, 0.15) is 27.3 Å². The molecule has 0 bridgehead atoms. The number of hydrogen-bond acceptors (Lipinski definition) is 3. The van der Waals surface area contributed by atoms with Crippen LogP contribution in [-0.4, -0.2) is 45.4 Å². The summed E-state index contributed by atoms with van der Waals surface area (Å²) < 4.78 is 1.79. The molecule has 0 saturated carbocycles. The van der Waals surface area contributed by atoms with E-state index in [1.807, 2.05) is 38.1 Å². The van der Waals surface area contributed by atoms with Crippen LogP contribution in [0.2, 0.25) is 5.02 Å². The Morgan fingerprint density at radius 1 is 1.42 bits per heavy atom. The Balaban J connectivity index is 2.33. The zero-order valence-electron chi connectivity index (χ0n) is 14.0. The highest BCUT2D eigenvalue weighted by atomic mass is 35.5. The van der Waals surface area contributed by atoms with Crippen LogP contribution in [0.25, 0.3) is 0 Å². The molecule has 2 aromatic rings. The van der Waals surface area contributed by atoms with Gasteiger partial charge in [0.25, 0.3) is 5.91 Å². The van der Waals surface area contributed by atoms with Gasteiger partial charge >= 0.3 is 0 Å². The zero-order chi connectivity index (χ0) is 17.7. The summed E-state index contributed by atoms with van der Waals surface area (Å²) in [5.74, 6) is -0.149. The lowest BCUT2D eigenvalue weighted by atomic mass is 10.1. The molecule has 1 aromatic carbocycles. The minimum Gasteiger partial charge on any atom is -0.395 e. The number of aliphatic hydroxyl groups is 1. The van der Waals surface area contributed by atoms with E-state index in [1.54, 1.807) is 15.7 Å². The lowest BCUT2D eigenvalue weighted by molar-refractivity contribution is 0.0741. The first kappa shape index (κ1) is 18.2. The van der Waals surface area contributed by atoms with Crippen molar-refractivity contribution in [1.29, 1.82) is 0 Å². The van der Waals surface area contributed by atoms with E-state index in [9.17, 15) is 4.79 Å². The molecule has 6 heteroatoms. The van der Waals surface area contributed by atoms with E-state index in [4.69, 9.17) is 16.7 Å². The van der Waals surface area contributed by atoms with Crippen LogP contribution < -0.4 is 0 Å². The number of hydrogen-bond donors (Lipinski definition) is 1. The molecule has 0 unspecified atom stereocenters. The molecule has 0 atom stereocenters. The lowest BCUT2D eigenvalue weighted by Gasteiger charge is -2.20. The molecule has 0 radical (unpaired) electrons. The molecule has 0 spiro atoms. The summed E-state index contributed by atoms with van der Waals surface area (Å²) in [5, 5.41) is 14.3. The van der Waals surface area contributed by atoms with Crippen LogP contribution in [0.3, 0.4) is 0 Å². The number of halogens is 1. The second-order valence-corrected chi connectivity index (χ2v) is 5.97. The predicted octanol–water partition coefficient (Wildman–Crippen LogP) is 2.82. The highest BCUT2D eigenvalue weighted by molar-refractivity contribution is 6.31. The number of nitrogens with zero attached hydrogens (tertiary/aromatic N) is 3. The van der Waals surface area contributed by atoms with Crippen molar-refractivity contribution >= 4 is 17.5 Å². The maximum atomic E-state index is 12.8. The summed E-state index contributed by atoms with van der Waals surface area (Å²) in [5.41, 5.74) is 2.96. The largest absolute Gasteiger partial charge is 0.395 e. The minimum absolute atomic E-state index is 0.0918. The van der Waals surface area contributed by atoms with Gasteiger partial charge in [-0.25, -0.2) is 0 Å². The Bertz CT molecular complexity index is 740. The van der Waals surface area contributed by atoms with Crippen LogP contribution in [0.4, 0.5) is 0 Å². The Morgan fingerprint density at radius 3 is 2.75 bits per heavy atom. The minimum atomic E-state index is -0.149. The fraction of sp³-hybridized carbons (Fsp3) is 0.333. The average molecular weight is 348 g/mol. The molecule has 0 aliphatic rings. The van der Waals surface area contributed by atoms with Gasteiger partial charge in [0.05, 0.1) is 24.4 Å². The van der Waals surface area contributed by atoms with Crippen molar-refractivity contribution in [2.45, 2.75) is 20.4 Å². The van der Waals surface area contributed by atoms with Crippen LogP contribution in [0.15, 0.2) is 36.9 Å². The third kappa shape index (κ3) is 3.86. The normalized spacial score (nSPS) is 10.7. The summed E-state index contributed by atoms with van der Waals surface area (Å²) in [6.45, 7) is 8.40. The van der Waals surface area contributed by atoms with Gasteiger partial charge in [0.1, 0.15) is 0 Å². The summed E-state index contributed by atoms with van der Waals surface area (Å²) in [4.78, 5) is 14.3. The number of rotatable bonds is 7. The van der Waals surface area contributed by atoms with E-state index >= 15 is 0 Å². The number of benzene rings is 1. The van der Waals surface area contributed by atoms with Gasteiger partial charge in [-0.15, -0.1) is 6.58 Å². The average Bonchev–Trinajstić information content (AvgIpc) is 2.83. The third-order valence-corrected chi connectivity index (χ3v) is 4.25. The van der Waals surface area contributed by atoms with E-state index in [2.05, 4.69) is 11.7 Å². The van der Waals surface area contributed by atoms with Crippen LogP contribution in [0.5, 0.6) is 0 Å². The molecule has 0 saturated heterocycles.